The van der Waals surface area contributed by atoms with Crippen molar-refractivity contribution >= 4 is 40.5 Å². The van der Waals surface area contributed by atoms with Crippen LogP contribution in [-0.2, 0) is 11.3 Å². The van der Waals surface area contributed by atoms with Crippen LogP contribution in [0, 0.1) is 5.82 Å². The van der Waals surface area contributed by atoms with Gasteiger partial charge in [0.1, 0.15) is 5.82 Å². The lowest BCUT2D eigenvalue weighted by molar-refractivity contribution is -0.118. The van der Waals surface area contributed by atoms with E-state index in [4.69, 9.17) is 5.73 Å². The molecule has 3 aromatic heterocycles. The third kappa shape index (κ3) is 4.88. The molecule has 35 heavy (non-hydrogen) atoms. The van der Waals surface area contributed by atoms with E-state index in [0.29, 0.717) is 28.3 Å². The second-order valence-electron chi connectivity index (χ2n) is 8.06. The lowest BCUT2D eigenvalue weighted by Crippen LogP contribution is -2.29. The first-order valence-corrected chi connectivity index (χ1v) is 11.5. The molecule has 4 aromatic rings. The van der Waals surface area contributed by atoms with E-state index in [2.05, 4.69) is 20.7 Å². The fourth-order valence-corrected chi connectivity index (χ4v) is 4.59. The minimum atomic E-state index is -0.336. The minimum Gasteiger partial charge on any atom is -0.366 e. The van der Waals surface area contributed by atoms with Crippen LogP contribution in [0.3, 0.4) is 0 Å². The summed E-state index contributed by atoms with van der Waals surface area (Å²) in [6, 6.07) is 9.33. The first-order valence-electron chi connectivity index (χ1n) is 10.7. The minimum absolute atomic E-state index is 0.0281. The summed E-state index contributed by atoms with van der Waals surface area (Å²) in [4.78, 5) is 43.5. The molecule has 0 aliphatic carbocycles. The summed E-state index contributed by atoms with van der Waals surface area (Å²) < 4.78 is 14.5. The van der Waals surface area contributed by atoms with Crippen LogP contribution in [0.5, 0.6) is 0 Å². The molecular formula is C23H20FN7O3S. The van der Waals surface area contributed by atoms with Crippen molar-refractivity contribution in [1.29, 1.82) is 0 Å². The van der Waals surface area contributed by atoms with Gasteiger partial charge in [0.05, 0.1) is 30.2 Å². The predicted octanol–water partition coefficient (Wildman–Crippen LogP) is 1.68. The summed E-state index contributed by atoms with van der Waals surface area (Å²) in [6.45, 7) is 0.752. The van der Waals surface area contributed by atoms with E-state index >= 15 is 0 Å². The van der Waals surface area contributed by atoms with Crippen LogP contribution in [0.1, 0.15) is 25.6 Å². The van der Waals surface area contributed by atoms with Gasteiger partial charge in [-0.1, -0.05) is 12.1 Å². The largest absolute Gasteiger partial charge is 0.366 e. The second-order valence-corrected chi connectivity index (χ2v) is 8.97. The van der Waals surface area contributed by atoms with Crippen LogP contribution < -0.4 is 16.4 Å². The number of nitrogens with zero attached hydrogens (tertiary/aromatic N) is 4. The van der Waals surface area contributed by atoms with Gasteiger partial charge in [-0.3, -0.25) is 19.3 Å². The molecule has 1 saturated heterocycles. The first-order chi connectivity index (χ1) is 16.9. The van der Waals surface area contributed by atoms with Crippen molar-refractivity contribution in [3.63, 3.8) is 0 Å². The van der Waals surface area contributed by atoms with Crippen molar-refractivity contribution in [3.8, 4) is 11.1 Å². The quantitative estimate of drug-likeness (QED) is 0.334. The van der Waals surface area contributed by atoms with Crippen LogP contribution in [0.15, 0.2) is 48.0 Å². The maximum absolute atomic E-state index is 13.1. The Hall–Kier alpha value is -4.16. The number of nitrogen functional groups attached to an aromatic ring is 1. The van der Waals surface area contributed by atoms with Gasteiger partial charge >= 0.3 is 0 Å². The number of hydrogen-bond donors (Lipinski definition) is 3. The number of pyridine rings is 1. The number of nitrogens with one attached hydrogen (secondary N) is 2. The molecule has 10 nitrogen and oxygen atoms in total. The number of amides is 2. The van der Waals surface area contributed by atoms with E-state index in [9.17, 15) is 18.8 Å². The molecule has 1 fully saturated rings. The van der Waals surface area contributed by atoms with Gasteiger partial charge in [-0.15, -0.1) is 16.4 Å². The number of rotatable bonds is 7. The third-order valence-corrected chi connectivity index (χ3v) is 6.44. The van der Waals surface area contributed by atoms with E-state index in [1.165, 1.54) is 28.0 Å². The number of thiophene rings is 1. The normalized spacial score (nSPS) is 13.8. The molecule has 0 radical (unpaired) electrons. The van der Waals surface area contributed by atoms with Crippen molar-refractivity contribution < 1.29 is 18.8 Å². The molecule has 2 amide bonds. The number of nitrogens with two attached hydrogens (primary N) is 1. The number of carbonyl (C=O) groups is 3. The Bertz CT molecular complexity index is 1450. The highest BCUT2D eigenvalue weighted by molar-refractivity contribution is 7.12. The van der Waals surface area contributed by atoms with Crippen LogP contribution in [0.25, 0.3) is 16.8 Å². The zero-order valence-electron chi connectivity index (χ0n) is 18.3. The average molecular weight is 494 g/mol. The SMILES string of the molecule is Nc1nc2c(C(=O)CN3CNC(=O)C3)cc(-c3csc(C(=O)NCc4ccc(F)cc4)c3)cn2n1. The molecule has 1 aromatic carbocycles. The van der Waals surface area contributed by atoms with E-state index in [1.807, 2.05) is 5.38 Å². The molecule has 0 saturated carbocycles. The lowest BCUT2D eigenvalue weighted by atomic mass is 10.1. The van der Waals surface area contributed by atoms with Crippen molar-refractivity contribution in [2.24, 2.45) is 0 Å². The summed E-state index contributed by atoms with van der Waals surface area (Å²) >= 11 is 1.26. The summed E-state index contributed by atoms with van der Waals surface area (Å²) in [5.41, 5.74) is 8.58. The second kappa shape index (κ2) is 9.24. The zero-order valence-corrected chi connectivity index (χ0v) is 19.1. The standard InChI is InChI=1S/C23H20FN7O3S/c24-16-3-1-13(2-4-16)7-26-22(34)19-6-15(11-35-19)14-5-17(21-28-23(25)29-31(21)8-14)18(32)9-30-10-20(33)27-12-30/h1-6,8,11H,7,9-10,12H2,(H2,25,29)(H,26,34)(H,27,33). The molecule has 0 atom stereocenters. The average Bonchev–Trinajstić information content (AvgIpc) is 3.57. The van der Waals surface area contributed by atoms with Crippen molar-refractivity contribution in [2.45, 2.75) is 6.54 Å². The Morgan fingerprint density at radius 1 is 1.20 bits per heavy atom. The highest BCUT2D eigenvalue weighted by atomic mass is 32.1. The van der Waals surface area contributed by atoms with Gasteiger partial charge in [0.2, 0.25) is 11.9 Å². The maximum Gasteiger partial charge on any atom is 0.261 e. The molecule has 0 bridgehead atoms. The van der Waals surface area contributed by atoms with E-state index in [-0.39, 0.29) is 49.0 Å². The van der Waals surface area contributed by atoms with Crippen LogP contribution in [-0.4, -0.2) is 56.9 Å². The number of benzene rings is 1. The van der Waals surface area contributed by atoms with Crippen molar-refractivity contribution in [3.05, 3.63) is 69.8 Å². The van der Waals surface area contributed by atoms with Crippen LogP contribution in [0.2, 0.25) is 0 Å². The number of carbonyl (C=O) groups excluding carboxylic acids is 3. The molecule has 0 spiro atoms. The van der Waals surface area contributed by atoms with Gasteiger partial charge in [-0.2, -0.15) is 4.98 Å². The monoisotopic (exact) mass is 493 g/mol. The van der Waals surface area contributed by atoms with Crippen molar-refractivity contribution in [2.75, 3.05) is 25.5 Å². The number of anilines is 1. The summed E-state index contributed by atoms with van der Waals surface area (Å²) in [7, 11) is 0. The Morgan fingerprint density at radius 3 is 2.74 bits per heavy atom. The highest BCUT2D eigenvalue weighted by Gasteiger charge is 2.24. The highest BCUT2D eigenvalue weighted by Crippen LogP contribution is 2.28. The molecular weight excluding hydrogens is 473 g/mol. The van der Waals surface area contributed by atoms with Gasteiger partial charge in [0, 0.05) is 18.3 Å². The van der Waals surface area contributed by atoms with Crippen LogP contribution in [0.4, 0.5) is 10.3 Å². The first kappa shape index (κ1) is 22.6. The van der Waals surface area contributed by atoms with Gasteiger partial charge < -0.3 is 16.4 Å². The molecule has 1 aliphatic rings. The summed E-state index contributed by atoms with van der Waals surface area (Å²) in [6.07, 6.45) is 1.69. The summed E-state index contributed by atoms with van der Waals surface area (Å²) in [5, 5.41) is 11.4. The summed E-state index contributed by atoms with van der Waals surface area (Å²) in [5.74, 6) is -0.933. The number of hydrogen-bond acceptors (Lipinski definition) is 8. The molecule has 1 aliphatic heterocycles. The number of ketones is 1. The lowest BCUT2D eigenvalue weighted by Gasteiger charge is -2.12. The maximum atomic E-state index is 13.1. The molecule has 178 valence electrons. The number of fused-ring (bicyclic) bond motifs is 1. The smallest absolute Gasteiger partial charge is 0.261 e. The van der Waals surface area contributed by atoms with Crippen molar-refractivity contribution in [1.82, 2.24) is 30.1 Å². The zero-order chi connectivity index (χ0) is 24.5. The molecule has 4 N–H and O–H groups in total. The van der Waals surface area contributed by atoms with Gasteiger partial charge in [0.15, 0.2) is 11.4 Å². The van der Waals surface area contributed by atoms with Gasteiger partial charge in [0.25, 0.3) is 5.91 Å². The third-order valence-electron chi connectivity index (χ3n) is 5.51. The topological polar surface area (TPSA) is 135 Å². The predicted molar refractivity (Wildman–Crippen MR) is 127 cm³/mol. The molecule has 5 rings (SSSR count). The Morgan fingerprint density at radius 2 is 2.00 bits per heavy atom. The van der Waals surface area contributed by atoms with E-state index in [1.54, 1.807) is 35.4 Å². The molecule has 0 unspecified atom stereocenters. The molecule has 4 heterocycles. The number of halogens is 1. The Kier molecular flexibility index (Phi) is 5.97. The van der Waals surface area contributed by atoms with Gasteiger partial charge in [-0.25, -0.2) is 8.91 Å². The fourth-order valence-electron chi connectivity index (χ4n) is 3.76. The van der Waals surface area contributed by atoms with Crippen LogP contribution >= 0.6 is 11.3 Å². The molecule has 12 heteroatoms. The number of aromatic nitrogens is 3. The van der Waals surface area contributed by atoms with E-state index in [0.717, 1.165) is 11.1 Å². The fraction of sp³-hybridized carbons (Fsp3) is 0.174. The Balaban J connectivity index is 1.37. The number of Topliss-reactive ketones (excluding diaryl/α,β-unsaturated/α-hetero) is 1. The Labute approximate surface area is 202 Å². The van der Waals surface area contributed by atoms with Gasteiger partial charge in [-0.05, 0) is 40.8 Å². The van der Waals surface area contributed by atoms with E-state index < -0.39 is 0 Å².